The maximum atomic E-state index is 4.00. The Morgan fingerprint density at radius 3 is 2.53 bits per heavy atom. The van der Waals surface area contributed by atoms with Crippen LogP contribution in [0.2, 0.25) is 0 Å². The summed E-state index contributed by atoms with van der Waals surface area (Å²) in [7, 11) is 0. The smallest absolute Gasteiger partial charge is 0.000250 e. The van der Waals surface area contributed by atoms with E-state index in [-0.39, 0.29) is 0 Å². The van der Waals surface area contributed by atoms with Gasteiger partial charge >= 0.3 is 0 Å². The van der Waals surface area contributed by atoms with Gasteiger partial charge in [-0.25, -0.2) is 0 Å². The summed E-state index contributed by atoms with van der Waals surface area (Å²) < 4.78 is 0. The SMILES string of the molecule is C=C(/C=C(C)/C=C/c1ccc(C)cc1)SCC. The third-order valence-corrected chi connectivity index (χ3v) is 3.11. The minimum atomic E-state index is 1.07. The average molecular weight is 244 g/mol. The fourth-order valence-corrected chi connectivity index (χ4v) is 2.07. The third-order valence-electron chi connectivity index (χ3n) is 2.33. The zero-order valence-electron chi connectivity index (χ0n) is 10.9. The van der Waals surface area contributed by atoms with Crippen LogP contribution in [-0.2, 0) is 0 Å². The number of rotatable bonds is 5. The molecule has 0 radical (unpaired) electrons. The van der Waals surface area contributed by atoms with Crippen LogP contribution < -0.4 is 0 Å². The van der Waals surface area contributed by atoms with Gasteiger partial charge in [0, 0.05) is 4.91 Å². The molecule has 0 aliphatic carbocycles. The lowest BCUT2D eigenvalue weighted by molar-refractivity contribution is 1.46. The van der Waals surface area contributed by atoms with Crippen LogP contribution in [-0.4, -0.2) is 5.75 Å². The van der Waals surface area contributed by atoms with E-state index in [0.717, 1.165) is 10.7 Å². The predicted octanol–water partition coefficient (Wildman–Crippen LogP) is 5.22. The highest BCUT2D eigenvalue weighted by molar-refractivity contribution is 8.03. The van der Waals surface area contributed by atoms with E-state index in [1.54, 1.807) is 11.8 Å². The van der Waals surface area contributed by atoms with Crippen molar-refractivity contribution in [1.82, 2.24) is 0 Å². The Bertz CT molecular complexity index is 421. The highest BCUT2D eigenvalue weighted by atomic mass is 32.2. The molecule has 0 spiro atoms. The molecule has 0 unspecified atom stereocenters. The number of thioether (sulfide) groups is 1. The molecular weight excluding hydrogens is 224 g/mol. The van der Waals surface area contributed by atoms with Gasteiger partial charge in [0.1, 0.15) is 0 Å². The molecule has 0 aliphatic rings. The summed E-state index contributed by atoms with van der Waals surface area (Å²) in [5.74, 6) is 1.07. The first-order chi connectivity index (χ1) is 8.11. The molecule has 1 aromatic carbocycles. The monoisotopic (exact) mass is 244 g/mol. The van der Waals surface area contributed by atoms with Crippen molar-refractivity contribution in [3.05, 3.63) is 64.6 Å². The first-order valence-corrected chi connectivity index (χ1v) is 6.85. The Morgan fingerprint density at radius 2 is 1.94 bits per heavy atom. The highest BCUT2D eigenvalue weighted by Gasteiger charge is 1.90. The van der Waals surface area contributed by atoms with Crippen molar-refractivity contribution in [2.45, 2.75) is 20.8 Å². The molecule has 90 valence electrons. The first kappa shape index (κ1) is 13.9. The van der Waals surface area contributed by atoms with Crippen LogP contribution in [0, 0.1) is 6.92 Å². The molecule has 17 heavy (non-hydrogen) atoms. The van der Waals surface area contributed by atoms with Gasteiger partial charge in [0.25, 0.3) is 0 Å². The van der Waals surface area contributed by atoms with Crippen LogP contribution in [0.1, 0.15) is 25.0 Å². The second kappa shape index (κ2) is 7.18. The molecule has 0 nitrogen and oxygen atoms in total. The van der Waals surface area contributed by atoms with Crippen molar-refractivity contribution >= 4 is 17.8 Å². The molecule has 0 bridgehead atoms. The number of allylic oxidation sites excluding steroid dienone is 3. The average Bonchev–Trinajstić information content (AvgIpc) is 2.28. The van der Waals surface area contributed by atoms with E-state index in [2.05, 4.69) is 69.8 Å². The molecule has 0 amide bonds. The van der Waals surface area contributed by atoms with E-state index in [1.807, 2.05) is 0 Å². The summed E-state index contributed by atoms with van der Waals surface area (Å²) >= 11 is 1.78. The molecular formula is C16H20S. The van der Waals surface area contributed by atoms with Crippen molar-refractivity contribution < 1.29 is 0 Å². The lowest BCUT2D eigenvalue weighted by atomic mass is 10.1. The maximum Gasteiger partial charge on any atom is 0.000250 e. The van der Waals surface area contributed by atoms with Crippen molar-refractivity contribution in [2.24, 2.45) is 0 Å². The van der Waals surface area contributed by atoms with Crippen molar-refractivity contribution in [3.8, 4) is 0 Å². The molecule has 0 atom stereocenters. The van der Waals surface area contributed by atoms with E-state index in [9.17, 15) is 0 Å². The predicted molar refractivity (Wildman–Crippen MR) is 81.2 cm³/mol. The topological polar surface area (TPSA) is 0 Å². The van der Waals surface area contributed by atoms with E-state index < -0.39 is 0 Å². The fourth-order valence-electron chi connectivity index (χ4n) is 1.43. The zero-order valence-corrected chi connectivity index (χ0v) is 11.7. The largest absolute Gasteiger partial charge is 0.127 e. The second-order valence-electron chi connectivity index (χ2n) is 4.03. The Hall–Kier alpha value is -1.21. The molecule has 0 aromatic heterocycles. The summed E-state index contributed by atoms with van der Waals surface area (Å²) in [5, 5.41) is 0. The van der Waals surface area contributed by atoms with Gasteiger partial charge in [-0.2, -0.15) is 0 Å². The van der Waals surface area contributed by atoms with Gasteiger partial charge in [-0.15, -0.1) is 11.8 Å². The normalized spacial score (nSPS) is 12.1. The van der Waals surface area contributed by atoms with E-state index >= 15 is 0 Å². The van der Waals surface area contributed by atoms with Gasteiger partial charge < -0.3 is 0 Å². The van der Waals surface area contributed by atoms with Gasteiger partial charge in [-0.1, -0.05) is 61.1 Å². The summed E-state index contributed by atoms with van der Waals surface area (Å²) in [6.45, 7) is 10.3. The van der Waals surface area contributed by atoms with Crippen molar-refractivity contribution in [2.75, 3.05) is 5.75 Å². The van der Waals surface area contributed by atoms with Gasteiger partial charge in [0.2, 0.25) is 0 Å². The van der Waals surface area contributed by atoms with Gasteiger partial charge in [-0.05, 0) is 31.2 Å². The quantitative estimate of drug-likeness (QED) is 0.640. The Morgan fingerprint density at radius 1 is 1.29 bits per heavy atom. The number of hydrogen-bond acceptors (Lipinski definition) is 1. The lowest BCUT2D eigenvalue weighted by Crippen LogP contribution is -1.76. The van der Waals surface area contributed by atoms with Crippen LogP contribution in [0.25, 0.3) is 6.08 Å². The number of hydrogen-bond donors (Lipinski definition) is 0. The van der Waals surface area contributed by atoms with Crippen LogP contribution >= 0.6 is 11.8 Å². The van der Waals surface area contributed by atoms with Gasteiger partial charge in [0.05, 0.1) is 0 Å². The molecule has 1 heteroatoms. The highest BCUT2D eigenvalue weighted by Crippen LogP contribution is 2.16. The molecule has 1 aromatic rings. The first-order valence-electron chi connectivity index (χ1n) is 5.86. The van der Waals surface area contributed by atoms with Gasteiger partial charge in [0.15, 0.2) is 0 Å². The Labute approximate surface area is 109 Å². The van der Waals surface area contributed by atoms with E-state index in [4.69, 9.17) is 0 Å². The fraction of sp³-hybridized carbons (Fsp3) is 0.250. The Kier molecular flexibility index (Phi) is 5.85. The molecule has 0 saturated carbocycles. The lowest BCUT2D eigenvalue weighted by Gasteiger charge is -1.98. The second-order valence-corrected chi connectivity index (χ2v) is 5.42. The molecule has 0 saturated heterocycles. The van der Waals surface area contributed by atoms with Crippen LogP contribution in [0.5, 0.6) is 0 Å². The molecule has 0 N–H and O–H groups in total. The van der Waals surface area contributed by atoms with E-state index in [0.29, 0.717) is 0 Å². The van der Waals surface area contributed by atoms with Crippen LogP contribution in [0.3, 0.4) is 0 Å². The third kappa shape index (κ3) is 5.60. The van der Waals surface area contributed by atoms with Crippen LogP contribution in [0.4, 0.5) is 0 Å². The van der Waals surface area contributed by atoms with Crippen molar-refractivity contribution in [3.63, 3.8) is 0 Å². The number of aryl methyl sites for hydroxylation is 1. The minimum Gasteiger partial charge on any atom is -0.127 e. The zero-order chi connectivity index (χ0) is 12.7. The summed E-state index contributed by atoms with van der Waals surface area (Å²) in [4.78, 5) is 1.12. The minimum absolute atomic E-state index is 1.07. The van der Waals surface area contributed by atoms with Gasteiger partial charge in [-0.3, -0.25) is 0 Å². The molecule has 1 rings (SSSR count). The molecule has 0 aliphatic heterocycles. The Balaban J connectivity index is 2.64. The number of benzene rings is 1. The van der Waals surface area contributed by atoms with E-state index in [1.165, 1.54) is 16.7 Å². The maximum absolute atomic E-state index is 4.00. The summed E-state index contributed by atoms with van der Waals surface area (Å²) in [6.07, 6.45) is 6.39. The molecule has 0 heterocycles. The van der Waals surface area contributed by atoms with Crippen LogP contribution in [0.15, 0.2) is 53.5 Å². The standard InChI is InChI=1S/C16H20S/c1-5-17-15(4)12-14(3)8-11-16-9-6-13(2)7-10-16/h6-12H,4-5H2,1-3H3/b11-8+,14-12+. The van der Waals surface area contributed by atoms with Crippen molar-refractivity contribution in [1.29, 1.82) is 0 Å². The molecule has 0 fully saturated rings. The summed E-state index contributed by atoms with van der Waals surface area (Å²) in [5.41, 5.74) is 3.76. The summed E-state index contributed by atoms with van der Waals surface area (Å²) in [6, 6.07) is 8.53.